The first kappa shape index (κ1) is 12.8. The molecule has 4 nitrogen and oxygen atoms in total. The van der Waals surface area contributed by atoms with Gasteiger partial charge in [0.05, 0.1) is 11.5 Å². The van der Waals surface area contributed by atoms with Gasteiger partial charge in [0.15, 0.2) is 9.84 Å². The van der Waals surface area contributed by atoms with Crippen LogP contribution in [0.5, 0.6) is 0 Å². The van der Waals surface area contributed by atoms with Gasteiger partial charge in [0, 0.05) is 18.8 Å². The van der Waals surface area contributed by atoms with E-state index in [1.54, 1.807) is 12.3 Å². The summed E-state index contributed by atoms with van der Waals surface area (Å²) in [6.07, 6.45) is 2.45. The summed E-state index contributed by atoms with van der Waals surface area (Å²) in [5.41, 5.74) is 1.04. The standard InChI is InChI=1S/C11H15ClN2O2S/c1-14(10-4-5-17(15,16)8-10)7-9-2-3-11(12)13-6-9/h2-3,6,10H,4-5,7-8H2,1H3. The Morgan fingerprint density at radius 1 is 1.53 bits per heavy atom. The van der Waals surface area contributed by atoms with Crippen LogP contribution in [0.1, 0.15) is 12.0 Å². The van der Waals surface area contributed by atoms with E-state index in [0.717, 1.165) is 12.0 Å². The molecule has 1 atom stereocenters. The first-order chi connectivity index (χ1) is 7.96. The molecule has 1 aromatic heterocycles. The lowest BCUT2D eigenvalue weighted by molar-refractivity contribution is 0.253. The molecule has 1 unspecified atom stereocenters. The second-order valence-electron chi connectivity index (χ2n) is 4.46. The summed E-state index contributed by atoms with van der Waals surface area (Å²) in [6.45, 7) is 0.699. The zero-order chi connectivity index (χ0) is 12.5. The van der Waals surface area contributed by atoms with Crippen LogP contribution in [0.25, 0.3) is 0 Å². The molecule has 94 valence electrons. The van der Waals surface area contributed by atoms with Crippen molar-refractivity contribution in [3.8, 4) is 0 Å². The third-order valence-electron chi connectivity index (χ3n) is 3.05. The lowest BCUT2D eigenvalue weighted by Crippen LogP contribution is -2.32. The average Bonchev–Trinajstić information content (AvgIpc) is 2.62. The SMILES string of the molecule is CN(Cc1ccc(Cl)nc1)C1CCS(=O)(=O)C1. The number of hydrogen-bond donors (Lipinski definition) is 0. The number of aromatic nitrogens is 1. The van der Waals surface area contributed by atoms with Crippen molar-refractivity contribution in [3.05, 3.63) is 29.0 Å². The van der Waals surface area contributed by atoms with Crippen LogP contribution in [-0.2, 0) is 16.4 Å². The van der Waals surface area contributed by atoms with Crippen molar-refractivity contribution in [1.29, 1.82) is 0 Å². The van der Waals surface area contributed by atoms with Gasteiger partial charge >= 0.3 is 0 Å². The van der Waals surface area contributed by atoms with E-state index in [4.69, 9.17) is 11.6 Å². The fraction of sp³-hybridized carbons (Fsp3) is 0.545. The van der Waals surface area contributed by atoms with Crippen LogP contribution in [0.4, 0.5) is 0 Å². The normalized spacial score (nSPS) is 23.1. The molecule has 0 aromatic carbocycles. The van der Waals surface area contributed by atoms with Crippen LogP contribution in [0.3, 0.4) is 0 Å². The molecule has 0 aliphatic carbocycles. The predicted molar refractivity (Wildman–Crippen MR) is 67.8 cm³/mol. The molecule has 1 saturated heterocycles. The van der Waals surface area contributed by atoms with Crippen molar-refractivity contribution in [2.24, 2.45) is 0 Å². The summed E-state index contributed by atoms with van der Waals surface area (Å²) in [7, 11) is -0.873. The van der Waals surface area contributed by atoms with E-state index in [-0.39, 0.29) is 11.8 Å². The molecule has 0 radical (unpaired) electrons. The van der Waals surface area contributed by atoms with Crippen LogP contribution in [0.15, 0.2) is 18.3 Å². The summed E-state index contributed by atoms with van der Waals surface area (Å²) >= 11 is 5.71. The van der Waals surface area contributed by atoms with Crippen LogP contribution in [0, 0.1) is 0 Å². The molecular formula is C11H15ClN2O2S. The Labute approximate surface area is 107 Å². The van der Waals surface area contributed by atoms with Crippen LogP contribution in [0.2, 0.25) is 5.15 Å². The molecule has 17 heavy (non-hydrogen) atoms. The van der Waals surface area contributed by atoms with Crippen molar-refractivity contribution in [2.45, 2.75) is 19.0 Å². The van der Waals surface area contributed by atoms with Gasteiger partial charge in [-0.1, -0.05) is 17.7 Å². The molecule has 0 saturated carbocycles. The quantitative estimate of drug-likeness (QED) is 0.781. The van der Waals surface area contributed by atoms with E-state index in [1.807, 2.05) is 13.1 Å². The van der Waals surface area contributed by atoms with E-state index in [1.165, 1.54) is 0 Å². The zero-order valence-corrected chi connectivity index (χ0v) is 11.2. The van der Waals surface area contributed by atoms with E-state index in [2.05, 4.69) is 9.88 Å². The van der Waals surface area contributed by atoms with E-state index in [0.29, 0.717) is 17.5 Å². The maximum atomic E-state index is 11.4. The molecule has 1 aliphatic rings. The maximum Gasteiger partial charge on any atom is 0.151 e. The predicted octanol–water partition coefficient (Wildman–Crippen LogP) is 1.35. The molecular weight excluding hydrogens is 260 g/mol. The lowest BCUT2D eigenvalue weighted by atomic mass is 10.2. The van der Waals surface area contributed by atoms with Gasteiger partial charge in [0.1, 0.15) is 5.15 Å². The molecule has 2 heterocycles. The van der Waals surface area contributed by atoms with Crippen LogP contribution < -0.4 is 0 Å². The zero-order valence-electron chi connectivity index (χ0n) is 9.63. The van der Waals surface area contributed by atoms with Gasteiger partial charge in [-0.25, -0.2) is 13.4 Å². The Balaban J connectivity index is 1.98. The molecule has 0 amide bonds. The minimum atomic E-state index is -2.82. The van der Waals surface area contributed by atoms with Crippen molar-refractivity contribution in [3.63, 3.8) is 0 Å². The Morgan fingerprint density at radius 3 is 2.82 bits per heavy atom. The Kier molecular flexibility index (Phi) is 3.70. The van der Waals surface area contributed by atoms with E-state index >= 15 is 0 Å². The highest BCUT2D eigenvalue weighted by Crippen LogP contribution is 2.18. The first-order valence-corrected chi connectivity index (χ1v) is 7.67. The number of rotatable bonds is 3. The molecule has 6 heteroatoms. The van der Waals surface area contributed by atoms with Crippen molar-refractivity contribution >= 4 is 21.4 Å². The highest BCUT2D eigenvalue weighted by Gasteiger charge is 2.30. The van der Waals surface area contributed by atoms with Crippen molar-refractivity contribution in [1.82, 2.24) is 9.88 Å². The molecule has 0 bridgehead atoms. The van der Waals surface area contributed by atoms with Crippen LogP contribution >= 0.6 is 11.6 Å². The number of sulfone groups is 1. The summed E-state index contributed by atoms with van der Waals surface area (Å²) in [4.78, 5) is 6.07. The van der Waals surface area contributed by atoms with Gasteiger partial charge in [-0.15, -0.1) is 0 Å². The van der Waals surface area contributed by atoms with E-state index < -0.39 is 9.84 Å². The third-order valence-corrected chi connectivity index (χ3v) is 5.03. The summed E-state index contributed by atoms with van der Waals surface area (Å²) in [5, 5.41) is 0.472. The average molecular weight is 275 g/mol. The Hall–Kier alpha value is -0.650. The fourth-order valence-electron chi connectivity index (χ4n) is 2.04. The van der Waals surface area contributed by atoms with Gasteiger partial charge in [0.25, 0.3) is 0 Å². The summed E-state index contributed by atoms with van der Waals surface area (Å²) < 4.78 is 22.8. The molecule has 1 fully saturated rings. The molecule has 0 spiro atoms. The minimum Gasteiger partial charge on any atom is -0.298 e. The topological polar surface area (TPSA) is 50.3 Å². The van der Waals surface area contributed by atoms with Gasteiger partial charge in [-0.2, -0.15) is 0 Å². The second kappa shape index (κ2) is 4.92. The largest absolute Gasteiger partial charge is 0.298 e. The number of halogens is 1. The van der Waals surface area contributed by atoms with Crippen LogP contribution in [-0.4, -0.2) is 42.9 Å². The Morgan fingerprint density at radius 2 is 2.29 bits per heavy atom. The van der Waals surface area contributed by atoms with Crippen molar-refractivity contribution < 1.29 is 8.42 Å². The highest BCUT2D eigenvalue weighted by molar-refractivity contribution is 7.91. The minimum absolute atomic E-state index is 0.121. The summed E-state index contributed by atoms with van der Waals surface area (Å²) in [6, 6.07) is 3.78. The molecule has 0 N–H and O–H groups in total. The molecule has 1 aliphatic heterocycles. The Bertz CT molecular complexity index is 487. The van der Waals surface area contributed by atoms with Crippen molar-refractivity contribution in [2.75, 3.05) is 18.6 Å². The van der Waals surface area contributed by atoms with E-state index in [9.17, 15) is 8.42 Å². The fourth-order valence-corrected chi connectivity index (χ4v) is 3.96. The lowest BCUT2D eigenvalue weighted by Gasteiger charge is -2.22. The molecule has 1 aromatic rings. The second-order valence-corrected chi connectivity index (χ2v) is 7.08. The van der Waals surface area contributed by atoms with Gasteiger partial charge in [-0.3, -0.25) is 4.90 Å². The number of hydrogen-bond acceptors (Lipinski definition) is 4. The highest BCUT2D eigenvalue weighted by atomic mass is 35.5. The molecule has 2 rings (SSSR count). The van der Waals surface area contributed by atoms with Gasteiger partial charge < -0.3 is 0 Å². The number of pyridine rings is 1. The summed E-state index contributed by atoms with van der Waals surface area (Å²) in [5.74, 6) is 0.575. The third kappa shape index (κ3) is 3.40. The smallest absolute Gasteiger partial charge is 0.151 e. The maximum absolute atomic E-state index is 11.4. The monoisotopic (exact) mass is 274 g/mol. The van der Waals surface area contributed by atoms with Gasteiger partial charge in [-0.05, 0) is 25.1 Å². The first-order valence-electron chi connectivity index (χ1n) is 5.47. The number of nitrogens with zero attached hydrogens (tertiary/aromatic N) is 2. The van der Waals surface area contributed by atoms with Gasteiger partial charge in [0.2, 0.25) is 0 Å².